The third-order valence-corrected chi connectivity index (χ3v) is 2.88. The van der Waals surface area contributed by atoms with Crippen LogP contribution >= 0.6 is 11.6 Å². The summed E-state index contributed by atoms with van der Waals surface area (Å²) in [5.41, 5.74) is 6.72. The Balaban J connectivity index is 2.52. The largest absolute Gasteiger partial charge is 0.492 e. The van der Waals surface area contributed by atoms with Crippen molar-refractivity contribution < 1.29 is 4.74 Å². The lowest BCUT2D eigenvalue weighted by molar-refractivity contribution is 0.339. The molecule has 1 aromatic carbocycles. The standard InChI is InChI=1S/C13H21ClN2O/c1-3-17-13-5-4-11(10-12(13)14)6-8-16(2)9-7-15/h4-5,10H,3,6-9,15H2,1-2H3. The summed E-state index contributed by atoms with van der Waals surface area (Å²) in [6.45, 7) is 5.19. The minimum atomic E-state index is 0.637. The summed E-state index contributed by atoms with van der Waals surface area (Å²) < 4.78 is 5.40. The zero-order valence-electron chi connectivity index (χ0n) is 10.6. The van der Waals surface area contributed by atoms with Crippen LogP contribution in [0.2, 0.25) is 5.02 Å². The second-order valence-corrected chi connectivity index (χ2v) is 4.45. The SMILES string of the molecule is CCOc1ccc(CCN(C)CCN)cc1Cl. The Morgan fingerprint density at radius 2 is 2.12 bits per heavy atom. The number of benzene rings is 1. The number of rotatable bonds is 7. The Morgan fingerprint density at radius 1 is 1.35 bits per heavy atom. The summed E-state index contributed by atoms with van der Waals surface area (Å²) in [6, 6.07) is 5.97. The molecule has 0 bridgehead atoms. The van der Waals surface area contributed by atoms with E-state index in [1.165, 1.54) is 5.56 Å². The number of hydrogen-bond donors (Lipinski definition) is 1. The van der Waals surface area contributed by atoms with E-state index in [1.807, 2.05) is 19.1 Å². The van der Waals surface area contributed by atoms with E-state index in [9.17, 15) is 0 Å². The zero-order chi connectivity index (χ0) is 12.7. The average molecular weight is 257 g/mol. The van der Waals surface area contributed by atoms with Gasteiger partial charge in [0, 0.05) is 19.6 Å². The quantitative estimate of drug-likeness (QED) is 0.813. The number of hydrogen-bond acceptors (Lipinski definition) is 3. The average Bonchev–Trinajstić information content (AvgIpc) is 2.30. The van der Waals surface area contributed by atoms with Gasteiger partial charge in [-0.2, -0.15) is 0 Å². The van der Waals surface area contributed by atoms with E-state index in [2.05, 4.69) is 18.0 Å². The van der Waals surface area contributed by atoms with E-state index in [0.29, 0.717) is 18.2 Å². The lowest BCUT2D eigenvalue weighted by Crippen LogP contribution is -2.27. The number of ether oxygens (including phenoxy) is 1. The van der Waals surface area contributed by atoms with Crippen molar-refractivity contribution in [1.29, 1.82) is 0 Å². The van der Waals surface area contributed by atoms with Crippen LogP contribution < -0.4 is 10.5 Å². The number of nitrogens with two attached hydrogens (primary N) is 1. The molecule has 17 heavy (non-hydrogen) atoms. The molecule has 0 saturated carbocycles. The normalized spacial score (nSPS) is 10.9. The first-order valence-corrected chi connectivity index (χ1v) is 6.35. The van der Waals surface area contributed by atoms with E-state index >= 15 is 0 Å². The van der Waals surface area contributed by atoms with E-state index < -0.39 is 0 Å². The lowest BCUT2D eigenvalue weighted by atomic mass is 10.1. The van der Waals surface area contributed by atoms with Crippen molar-refractivity contribution >= 4 is 11.6 Å². The van der Waals surface area contributed by atoms with Crippen molar-refractivity contribution in [2.24, 2.45) is 5.73 Å². The Bertz CT molecular complexity index is 344. The summed E-state index contributed by atoms with van der Waals surface area (Å²) in [5.74, 6) is 0.758. The summed E-state index contributed by atoms with van der Waals surface area (Å²) in [5, 5.41) is 0.686. The maximum Gasteiger partial charge on any atom is 0.137 e. The summed E-state index contributed by atoms with van der Waals surface area (Å²) in [7, 11) is 2.07. The molecule has 0 radical (unpaired) electrons. The molecule has 0 aliphatic rings. The molecule has 0 aliphatic carbocycles. The summed E-state index contributed by atoms with van der Waals surface area (Å²) in [6.07, 6.45) is 0.975. The van der Waals surface area contributed by atoms with Crippen molar-refractivity contribution in [3.8, 4) is 5.75 Å². The van der Waals surface area contributed by atoms with E-state index in [4.69, 9.17) is 22.1 Å². The fourth-order valence-corrected chi connectivity index (χ4v) is 1.88. The highest BCUT2D eigenvalue weighted by Crippen LogP contribution is 2.25. The number of halogens is 1. The number of nitrogens with zero attached hydrogens (tertiary/aromatic N) is 1. The van der Waals surface area contributed by atoms with Gasteiger partial charge in [0.15, 0.2) is 0 Å². The van der Waals surface area contributed by atoms with Crippen LogP contribution in [-0.4, -0.2) is 38.2 Å². The van der Waals surface area contributed by atoms with Crippen LogP contribution in [0.4, 0.5) is 0 Å². The fourth-order valence-electron chi connectivity index (χ4n) is 1.62. The van der Waals surface area contributed by atoms with Crippen molar-refractivity contribution in [2.45, 2.75) is 13.3 Å². The third-order valence-electron chi connectivity index (χ3n) is 2.59. The molecule has 1 rings (SSSR count). The van der Waals surface area contributed by atoms with Crippen LogP contribution in [0.5, 0.6) is 5.75 Å². The number of likely N-dealkylation sites (N-methyl/N-ethyl adjacent to an activating group) is 1. The monoisotopic (exact) mass is 256 g/mol. The van der Waals surface area contributed by atoms with Crippen LogP contribution in [0.1, 0.15) is 12.5 Å². The molecule has 96 valence electrons. The van der Waals surface area contributed by atoms with Gasteiger partial charge in [-0.3, -0.25) is 0 Å². The van der Waals surface area contributed by atoms with Gasteiger partial charge in [-0.25, -0.2) is 0 Å². The third kappa shape index (κ3) is 4.94. The summed E-state index contributed by atoms with van der Waals surface area (Å²) in [4.78, 5) is 2.21. The van der Waals surface area contributed by atoms with Gasteiger partial charge in [-0.15, -0.1) is 0 Å². The summed E-state index contributed by atoms with van der Waals surface area (Å²) >= 11 is 6.13. The maximum absolute atomic E-state index is 6.13. The van der Waals surface area contributed by atoms with Gasteiger partial charge < -0.3 is 15.4 Å². The van der Waals surface area contributed by atoms with Crippen LogP contribution in [0.3, 0.4) is 0 Å². The molecule has 3 nitrogen and oxygen atoms in total. The van der Waals surface area contributed by atoms with E-state index in [-0.39, 0.29) is 0 Å². The molecular weight excluding hydrogens is 236 g/mol. The van der Waals surface area contributed by atoms with Crippen LogP contribution in [0.25, 0.3) is 0 Å². The molecular formula is C13H21ClN2O. The van der Waals surface area contributed by atoms with Crippen LogP contribution in [-0.2, 0) is 6.42 Å². The predicted molar refractivity (Wildman–Crippen MR) is 72.9 cm³/mol. The second-order valence-electron chi connectivity index (χ2n) is 4.04. The van der Waals surface area contributed by atoms with Crippen molar-refractivity contribution in [2.75, 3.05) is 33.3 Å². The van der Waals surface area contributed by atoms with Gasteiger partial charge in [0.2, 0.25) is 0 Å². The molecule has 0 heterocycles. The zero-order valence-corrected chi connectivity index (χ0v) is 11.3. The molecule has 0 fully saturated rings. The van der Waals surface area contributed by atoms with E-state index in [1.54, 1.807) is 0 Å². The molecule has 0 unspecified atom stereocenters. The molecule has 0 atom stereocenters. The maximum atomic E-state index is 6.13. The van der Waals surface area contributed by atoms with Crippen molar-refractivity contribution in [1.82, 2.24) is 4.90 Å². The van der Waals surface area contributed by atoms with Crippen molar-refractivity contribution in [3.05, 3.63) is 28.8 Å². The minimum Gasteiger partial charge on any atom is -0.492 e. The molecule has 0 aromatic heterocycles. The fraction of sp³-hybridized carbons (Fsp3) is 0.538. The molecule has 0 spiro atoms. The first-order valence-electron chi connectivity index (χ1n) is 5.97. The first-order chi connectivity index (χ1) is 8.17. The van der Waals surface area contributed by atoms with Crippen molar-refractivity contribution in [3.63, 3.8) is 0 Å². The van der Waals surface area contributed by atoms with Gasteiger partial charge in [0.25, 0.3) is 0 Å². The van der Waals surface area contributed by atoms with Crippen LogP contribution in [0.15, 0.2) is 18.2 Å². The molecule has 1 aromatic rings. The molecule has 0 saturated heterocycles. The van der Waals surface area contributed by atoms with Gasteiger partial charge in [-0.1, -0.05) is 17.7 Å². The highest BCUT2D eigenvalue weighted by atomic mass is 35.5. The Hall–Kier alpha value is -0.770. The Morgan fingerprint density at radius 3 is 2.71 bits per heavy atom. The second kappa shape index (κ2) is 7.54. The molecule has 0 amide bonds. The van der Waals surface area contributed by atoms with Gasteiger partial charge in [0.1, 0.15) is 5.75 Å². The van der Waals surface area contributed by atoms with Gasteiger partial charge in [0.05, 0.1) is 11.6 Å². The highest BCUT2D eigenvalue weighted by Gasteiger charge is 2.03. The van der Waals surface area contributed by atoms with Crippen LogP contribution in [0, 0.1) is 0 Å². The minimum absolute atomic E-state index is 0.637. The molecule has 4 heteroatoms. The van der Waals surface area contributed by atoms with E-state index in [0.717, 1.165) is 25.3 Å². The first kappa shape index (κ1) is 14.3. The molecule has 2 N–H and O–H groups in total. The highest BCUT2D eigenvalue weighted by molar-refractivity contribution is 6.32. The smallest absolute Gasteiger partial charge is 0.137 e. The van der Waals surface area contributed by atoms with Gasteiger partial charge in [-0.05, 0) is 38.1 Å². The predicted octanol–water partition coefficient (Wildman–Crippen LogP) is 2.17. The van der Waals surface area contributed by atoms with Gasteiger partial charge >= 0.3 is 0 Å². The Kier molecular flexibility index (Phi) is 6.34. The Labute approximate surface area is 109 Å². The topological polar surface area (TPSA) is 38.5 Å². The molecule has 0 aliphatic heterocycles. The lowest BCUT2D eigenvalue weighted by Gasteiger charge is -2.15.